The van der Waals surface area contributed by atoms with Crippen LogP contribution in [-0.4, -0.2) is 74.6 Å². The zero-order chi connectivity index (χ0) is 14.3. The van der Waals surface area contributed by atoms with Crippen molar-refractivity contribution in [3.63, 3.8) is 0 Å². The third-order valence-corrected chi connectivity index (χ3v) is 3.32. The second kappa shape index (κ2) is 8.12. The van der Waals surface area contributed by atoms with Crippen molar-refractivity contribution in [3.05, 3.63) is 0 Å². The van der Waals surface area contributed by atoms with E-state index in [1.165, 1.54) is 0 Å². The van der Waals surface area contributed by atoms with Gasteiger partial charge in [-0.15, -0.1) is 0 Å². The van der Waals surface area contributed by atoms with Gasteiger partial charge in [0.15, 0.2) is 0 Å². The van der Waals surface area contributed by atoms with Crippen molar-refractivity contribution in [1.29, 1.82) is 0 Å². The normalized spacial score (nSPS) is 18.1. The van der Waals surface area contributed by atoms with Gasteiger partial charge in [0.2, 0.25) is 6.29 Å². The van der Waals surface area contributed by atoms with Gasteiger partial charge < -0.3 is 15.0 Å². The van der Waals surface area contributed by atoms with Crippen molar-refractivity contribution >= 4 is 12.3 Å². The standard InChI is InChI=1S/C13H24N3O3/c1-11(2)12(10-17)16(13(18)14-3)5-4-15-6-8-19-9-7-15/h11-12H,4-9H2,1-3H3,(H,14,18)/t12-/m1/s1. The Morgan fingerprint density at radius 3 is 2.53 bits per heavy atom. The molecular formula is C13H24N3O3. The van der Waals surface area contributed by atoms with Gasteiger partial charge in [-0.2, -0.15) is 0 Å². The SMILES string of the molecule is CNC(=O)N(CCN1CCOCC1)[C@H]([C]=O)C(C)C. The van der Waals surface area contributed by atoms with Crippen molar-refractivity contribution < 1.29 is 14.3 Å². The van der Waals surface area contributed by atoms with Gasteiger partial charge in [0.25, 0.3) is 0 Å². The molecule has 0 bridgehead atoms. The lowest BCUT2D eigenvalue weighted by Crippen LogP contribution is -2.51. The number of amides is 2. The van der Waals surface area contributed by atoms with Crippen molar-refractivity contribution in [2.75, 3.05) is 46.4 Å². The van der Waals surface area contributed by atoms with Crippen LogP contribution < -0.4 is 5.32 Å². The summed E-state index contributed by atoms with van der Waals surface area (Å²) >= 11 is 0. The summed E-state index contributed by atoms with van der Waals surface area (Å²) in [5.74, 6) is 0.0551. The van der Waals surface area contributed by atoms with Gasteiger partial charge in [0.1, 0.15) is 6.04 Å². The number of carbonyl (C=O) groups is 1. The number of hydrogen-bond acceptors (Lipinski definition) is 4. The monoisotopic (exact) mass is 270 g/mol. The Hall–Kier alpha value is -1.14. The molecule has 1 heterocycles. The first-order valence-electron chi connectivity index (χ1n) is 6.76. The molecule has 19 heavy (non-hydrogen) atoms. The van der Waals surface area contributed by atoms with Gasteiger partial charge in [0.05, 0.1) is 13.2 Å². The van der Waals surface area contributed by atoms with Crippen LogP contribution in [0.2, 0.25) is 0 Å². The van der Waals surface area contributed by atoms with Gasteiger partial charge >= 0.3 is 6.03 Å². The maximum atomic E-state index is 11.9. The summed E-state index contributed by atoms with van der Waals surface area (Å²) in [5.41, 5.74) is 0. The van der Waals surface area contributed by atoms with Crippen LogP contribution in [0.3, 0.4) is 0 Å². The topological polar surface area (TPSA) is 61.9 Å². The Bertz CT molecular complexity index is 291. The van der Waals surface area contributed by atoms with E-state index in [1.807, 2.05) is 20.1 Å². The molecule has 1 atom stereocenters. The van der Waals surface area contributed by atoms with E-state index in [2.05, 4.69) is 10.2 Å². The summed E-state index contributed by atoms with van der Waals surface area (Å²) in [4.78, 5) is 26.8. The fourth-order valence-corrected chi connectivity index (χ4v) is 2.14. The van der Waals surface area contributed by atoms with Crippen LogP contribution in [0.4, 0.5) is 4.79 Å². The second-order valence-electron chi connectivity index (χ2n) is 5.01. The maximum Gasteiger partial charge on any atom is 0.317 e. The van der Waals surface area contributed by atoms with E-state index in [0.29, 0.717) is 6.54 Å². The Morgan fingerprint density at radius 2 is 2.05 bits per heavy atom. The first kappa shape index (κ1) is 15.9. The van der Waals surface area contributed by atoms with E-state index in [0.717, 1.165) is 32.8 Å². The zero-order valence-corrected chi connectivity index (χ0v) is 12.0. The Morgan fingerprint density at radius 1 is 1.42 bits per heavy atom. The number of ether oxygens (including phenoxy) is 1. The highest BCUT2D eigenvalue weighted by Crippen LogP contribution is 2.09. The molecule has 1 aliphatic heterocycles. The fourth-order valence-electron chi connectivity index (χ4n) is 2.14. The van der Waals surface area contributed by atoms with Crippen LogP contribution in [0.25, 0.3) is 0 Å². The van der Waals surface area contributed by atoms with Gasteiger partial charge in [-0.05, 0) is 5.92 Å². The van der Waals surface area contributed by atoms with Crippen LogP contribution in [0.5, 0.6) is 0 Å². The van der Waals surface area contributed by atoms with Gasteiger partial charge in [0, 0.05) is 33.2 Å². The van der Waals surface area contributed by atoms with Crippen LogP contribution in [0.15, 0.2) is 0 Å². The molecule has 0 aromatic heterocycles. The Balaban J connectivity index is 2.57. The minimum Gasteiger partial charge on any atom is -0.379 e. The van der Waals surface area contributed by atoms with Crippen LogP contribution in [-0.2, 0) is 9.53 Å². The van der Waals surface area contributed by atoms with E-state index < -0.39 is 6.04 Å². The molecule has 0 saturated carbocycles. The van der Waals surface area contributed by atoms with Crippen LogP contribution >= 0.6 is 0 Å². The number of rotatable bonds is 6. The van der Waals surface area contributed by atoms with Crippen LogP contribution in [0.1, 0.15) is 13.8 Å². The van der Waals surface area contributed by atoms with Crippen molar-refractivity contribution in [1.82, 2.24) is 15.1 Å². The number of carbonyl (C=O) groups excluding carboxylic acids is 2. The highest BCUT2D eigenvalue weighted by atomic mass is 16.5. The highest BCUT2D eigenvalue weighted by Gasteiger charge is 2.26. The van der Waals surface area contributed by atoms with E-state index in [1.54, 1.807) is 11.9 Å². The molecule has 1 aliphatic rings. The third kappa shape index (κ3) is 4.80. The Labute approximate surface area is 115 Å². The minimum atomic E-state index is -0.499. The molecule has 0 unspecified atom stereocenters. The van der Waals surface area contributed by atoms with Gasteiger partial charge in [-0.3, -0.25) is 9.69 Å². The smallest absolute Gasteiger partial charge is 0.317 e. The molecule has 0 aromatic rings. The van der Waals surface area contributed by atoms with Crippen molar-refractivity contribution in [2.45, 2.75) is 19.9 Å². The van der Waals surface area contributed by atoms with E-state index >= 15 is 0 Å². The molecule has 109 valence electrons. The lowest BCUT2D eigenvalue weighted by atomic mass is 10.0. The molecule has 6 nitrogen and oxygen atoms in total. The molecule has 1 N–H and O–H groups in total. The first-order chi connectivity index (χ1) is 9.10. The van der Waals surface area contributed by atoms with Gasteiger partial charge in [-0.25, -0.2) is 4.79 Å². The summed E-state index contributed by atoms with van der Waals surface area (Å²) in [7, 11) is 1.58. The summed E-state index contributed by atoms with van der Waals surface area (Å²) < 4.78 is 5.29. The largest absolute Gasteiger partial charge is 0.379 e. The molecule has 1 rings (SSSR count). The maximum absolute atomic E-state index is 11.9. The average Bonchev–Trinajstić information content (AvgIpc) is 2.43. The quantitative estimate of drug-likeness (QED) is 0.743. The summed E-state index contributed by atoms with van der Waals surface area (Å²) in [6.07, 6.45) is 1.98. The third-order valence-electron chi connectivity index (χ3n) is 3.32. The van der Waals surface area contributed by atoms with Crippen molar-refractivity contribution in [2.24, 2.45) is 5.92 Å². The predicted molar refractivity (Wildman–Crippen MR) is 72.7 cm³/mol. The number of hydrogen-bond donors (Lipinski definition) is 1. The predicted octanol–water partition coefficient (Wildman–Crippen LogP) is 0.0943. The molecule has 2 amide bonds. The molecule has 0 aromatic carbocycles. The molecular weight excluding hydrogens is 246 g/mol. The van der Waals surface area contributed by atoms with E-state index in [4.69, 9.17) is 4.74 Å². The molecule has 1 saturated heterocycles. The van der Waals surface area contributed by atoms with E-state index in [9.17, 15) is 9.59 Å². The van der Waals surface area contributed by atoms with Crippen LogP contribution in [0, 0.1) is 5.92 Å². The summed E-state index contributed by atoms with van der Waals surface area (Å²) in [6.45, 7) is 8.32. The number of nitrogens with one attached hydrogen (secondary N) is 1. The molecule has 1 radical (unpaired) electrons. The second-order valence-corrected chi connectivity index (χ2v) is 5.01. The lowest BCUT2D eigenvalue weighted by Gasteiger charge is -2.33. The van der Waals surface area contributed by atoms with E-state index in [-0.39, 0.29) is 11.9 Å². The average molecular weight is 270 g/mol. The summed E-state index contributed by atoms with van der Waals surface area (Å²) in [5, 5.41) is 2.59. The number of urea groups is 1. The fraction of sp³-hybridized carbons (Fsp3) is 0.846. The molecule has 0 aliphatic carbocycles. The molecule has 0 spiro atoms. The van der Waals surface area contributed by atoms with Crippen molar-refractivity contribution in [3.8, 4) is 0 Å². The highest BCUT2D eigenvalue weighted by molar-refractivity contribution is 5.78. The molecule has 6 heteroatoms. The lowest BCUT2D eigenvalue weighted by molar-refractivity contribution is 0.0336. The number of morpholine rings is 1. The zero-order valence-electron chi connectivity index (χ0n) is 12.0. The Kier molecular flexibility index (Phi) is 6.80. The molecule has 1 fully saturated rings. The minimum absolute atomic E-state index is 0.0551. The first-order valence-corrected chi connectivity index (χ1v) is 6.76. The summed E-state index contributed by atoms with van der Waals surface area (Å²) in [6, 6.07) is -0.726. The number of nitrogens with zero attached hydrogens (tertiary/aromatic N) is 2. The van der Waals surface area contributed by atoms with Gasteiger partial charge in [-0.1, -0.05) is 13.8 Å².